The van der Waals surface area contributed by atoms with Crippen LogP contribution in [-0.2, 0) is 19.0 Å². The Morgan fingerprint density at radius 1 is 1.26 bits per heavy atom. The molecule has 3 aromatic heterocycles. The van der Waals surface area contributed by atoms with Crippen LogP contribution in [0.3, 0.4) is 0 Å². The van der Waals surface area contributed by atoms with E-state index in [4.69, 9.17) is 9.40 Å². The highest BCUT2D eigenvalue weighted by Crippen LogP contribution is 2.46. The molecule has 3 N–H and O–H groups in total. The summed E-state index contributed by atoms with van der Waals surface area (Å²) in [6.07, 6.45) is 7.94. The number of nitrogens with zero attached hydrogens (tertiary/aromatic N) is 7. The molecule has 1 aliphatic carbocycles. The van der Waals surface area contributed by atoms with Crippen molar-refractivity contribution in [3.05, 3.63) is 65.8 Å². The summed E-state index contributed by atoms with van der Waals surface area (Å²) in [6.45, 7) is 4.03. The molecule has 0 saturated heterocycles. The number of fused-ring (bicyclic) bond motifs is 1. The number of aliphatic hydroxyl groups is 1. The maximum Gasteiger partial charge on any atom is 0.309 e. The van der Waals surface area contributed by atoms with Crippen LogP contribution < -0.4 is 10.6 Å². The molecule has 202 valence electrons. The van der Waals surface area contributed by atoms with Gasteiger partial charge in [-0.25, -0.2) is 9.97 Å². The molecular formula is C27H31N9O3. The molecule has 0 unspecified atom stereocenters. The SMILES string of the molecule is Cn1cc(Nc2nccc(-c3ccc4c(c3)CN(CCO)CC[C@H]4NC(=O)c3nnc(C4(C)CC4)o3)n2)cn1. The molecule has 1 atom stereocenters. The maximum absolute atomic E-state index is 13.1. The van der Waals surface area contributed by atoms with Crippen LogP contribution in [0.1, 0.15) is 59.9 Å². The van der Waals surface area contributed by atoms with Crippen LogP contribution >= 0.6 is 0 Å². The van der Waals surface area contributed by atoms with Crippen LogP contribution in [0.25, 0.3) is 11.3 Å². The Kier molecular flexibility index (Phi) is 6.57. The van der Waals surface area contributed by atoms with Crippen molar-refractivity contribution >= 4 is 17.5 Å². The van der Waals surface area contributed by atoms with E-state index in [1.165, 1.54) is 0 Å². The molecular weight excluding hydrogens is 498 g/mol. The number of aliphatic hydroxyl groups excluding tert-OH is 1. The second kappa shape index (κ2) is 10.2. The minimum atomic E-state index is -0.379. The lowest BCUT2D eigenvalue weighted by atomic mass is 9.96. The van der Waals surface area contributed by atoms with E-state index in [0.717, 1.165) is 47.5 Å². The molecule has 0 radical (unpaired) electrons. The third kappa shape index (κ3) is 5.38. The Hall–Kier alpha value is -4.16. The molecule has 1 aliphatic heterocycles. The van der Waals surface area contributed by atoms with E-state index >= 15 is 0 Å². The van der Waals surface area contributed by atoms with E-state index < -0.39 is 0 Å². The quantitative estimate of drug-likeness (QED) is 0.311. The van der Waals surface area contributed by atoms with Gasteiger partial charge in [-0.2, -0.15) is 5.10 Å². The molecule has 1 amide bonds. The Morgan fingerprint density at radius 2 is 2.13 bits per heavy atom. The van der Waals surface area contributed by atoms with Crippen molar-refractivity contribution in [1.29, 1.82) is 0 Å². The van der Waals surface area contributed by atoms with Gasteiger partial charge in [-0.05, 0) is 42.5 Å². The van der Waals surface area contributed by atoms with Gasteiger partial charge in [0.2, 0.25) is 11.8 Å². The first kappa shape index (κ1) is 25.1. The van der Waals surface area contributed by atoms with Gasteiger partial charge < -0.3 is 20.2 Å². The van der Waals surface area contributed by atoms with Crippen molar-refractivity contribution in [3.63, 3.8) is 0 Å². The summed E-state index contributed by atoms with van der Waals surface area (Å²) in [6, 6.07) is 7.77. The number of benzene rings is 1. The predicted molar refractivity (Wildman–Crippen MR) is 142 cm³/mol. The third-order valence-electron chi connectivity index (χ3n) is 7.42. The summed E-state index contributed by atoms with van der Waals surface area (Å²) >= 11 is 0. The van der Waals surface area contributed by atoms with Crippen LogP contribution in [0, 0.1) is 0 Å². The second-order valence-corrected chi connectivity index (χ2v) is 10.5. The summed E-state index contributed by atoms with van der Waals surface area (Å²) in [4.78, 5) is 24.3. The van der Waals surface area contributed by atoms with Crippen LogP contribution in [0.5, 0.6) is 0 Å². The largest absolute Gasteiger partial charge is 0.416 e. The smallest absolute Gasteiger partial charge is 0.309 e. The van der Waals surface area contributed by atoms with Gasteiger partial charge in [-0.15, -0.1) is 10.2 Å². The van der Waals surface area contributed by atoms with Crippen LogP contribution in [0.2, 0.25) is 0 Å². The molecule has 1 aromatic carbocycles. The highest BCUT2D eigenvalue weighted by molar-refractivity contribution is 5.89. The Balaban J connectivity index is 1.26. The second-order valence-electron chi connectivity index (χ2n) is 10.5. The molecule has 1 fully saturated rings. The molecule has 0 spiro atoms. The van der Waals surface area contributed by atoms with Crippen molar-refractivity contribution in [1.82, 2.24) is 40.2 Å². The Labute approximate surface area is 225 Å². The first-order valence-electron chi connectivity index (χ1n) is 13.1. The lowest BCUT2D eigenvalue weighted by Gasteiger charge is -2.19. The molecule has 1 saturated carbocycles. The molecule has 0 bridgehead atoms. The van der Waals surface area contributed by atoms with Crippen molar-refractivity contribution in [2.45, 2.75) is 44.2 Å². The number of rotatable bonds is 8. The highest BCUT2D eigenvalue weighted by atomic mass is 16.4. The Bertz CT molecular complexity index is 1490. The summed E-state index contributed by atoms with van der Waals surface area (Å²) in [7, 11) is 1.85. The number of nitrogens with one attached hydrogen (secondary N) is 2. The fraction of sp³-hybridized carbons (Fsp3) is 0.407. The van der Waals surface area contributed by atoms with Gasteiger partial charge >= 0.3 is 11.8 Å². The number of carbonyl (C=O) groups is 1. The number of carbonyl (C=O) groups excluding carboxylic acids is 1. The fourth-order valence-electron chi connectivity index (χ4n) is 4.89. The van der Waals surface area contributed by atoms with Crippen molar-refractivity contribution in [2.75, 3.05) is 25.0 Å². The highest BCUT2D eigenvalue weighted by Gasteiger charge is 2.44. The molecule has 12 nitrogen and oxygen atoms in total. The van der Waals surface area contributed by atoms with Crippen molar-refractivity contribution in [3.8, 4) is 11.3 Å². The number of aryl methyl sites for hydroxylation is 1. The van der Waals surface area contributed by atoms with Crippen LogP contribution in [0.4, 0.5) is 11.6 Å². The van der Waals surface area contributed by atoms with Gasteiger partial charge in [0.05, 0.1) is 30.2 Å². The predicted octanol–water partition coefficient (Wildman–Crippen LogP) is 2.72. The monoisotopic (exact) mass is 529 g/mol. The van der Waals surface area contributed by atoms with E-state index in [0.29, 0.717) is 31.3 Å². The number of hydrogen-bond donors (Lipinski definition) is 3. The molecule has 4 heterocycles. The van der Waals surface area contributed by atoms with Crippen molar-refractivity contribution in [2.24, 2.45) is 7.05 Å². The van der Waals surface area contributed by atoms with Gasteiger partial charge in [0.25, 0.3) is 0 Å². The molecule has 39 heavy (non-hydrogen) atoms. The summed E-state index contributed by atoms with van der Waals surface area (Å²) in [5.74, 6) is 0.606. The lowest BCUT2D eigenvalue weighted by Crippen LogP contribution is -2.31. The first-order chi connectivity index (χ1) is 18.9. The summed E-state index contributed by atoms with van der Waals surface area (Å²) in [5.41, 5.74) is 4.47. The summed E-state index contributed by atoms with van der Waals surface area (Å²) in [5, 5.41) is 28.2. The molecule has 6 rings (SSSR count). The molecule has 12 heteroatoms. The van der Waals surface area contributed by atoms with Gasteiger partial charge in [0, 0.05) is 50.1 Å². The fourth-order valence-corrected chi connectivity index (χ4v) is 4.89. The van der Waals surface area contributed by atoms with Gasteiger partial charge in [0.1, 0.15) is 0 Å². The minimum absolute atomic E-state index is 0.0117. The number of hydrogen-bond acceptors (Lipinski definition) is 10. The van der Waals surface area contributed by atoms with E-state index in [9.17, 15) is 9.90 Å². The molecule has 4 aromatic rings. The first-order valence-corrected chi connectivity index (χ1v) is 13.1. The number of amides is 1. The zero-order valence-electron chi connectivity index (χ0n) is 22.0. The maximum atomic E-state index is 13.1. The van der Waals surface area contributed by atoms with Crippen molar-refractivity contribution < 1.29 is 14.3 Å². The average Bonchev–Trinajstić information content (AvgIpc) is 3.31. The molecule has 2 aliphatic rings. The zero-order valence-corrected chi connectivity index (χ0v) is 22.0. The number of anilines is 2. The van der Waals surface area contributed by atoms with E-state index in [-0.39, 0.29) is 29.9 Å². The number of β-amino-alcohol motifs (C(OH)–C–C–N with tert-alkyl or cyclic N) is 1. The van der Waals surface area contributed by atoms with E-state index in [2.05, 4.69) is 48.8 Å². The standard InChI is InChI=1S/C27H31N9O3/c1-27(7-8-27)25-34-33-24(39-25)23(38)31-22-6-10-36(11-12-37)15-18-13-17(3-4-20(18)22)21-5-9-28-26(32-21)30-19-14-29-35(2)16-19/h3-5,9,13-14,16,22,37H,6-8,10-12,15H2,1-2H3,(H,31,38)(H,28,30,32)/t22-/m1/s1. The minimum Gasteiger partial charge on any atom is -0.416 e. The zero-order chi connectivity index (χ0) is 27.0. The third-order valence-corrected chi connectivity index (χ3v) is 7.42. The Morgan fingerprint density at radius 3 is 2.90 bits per heavy atom. The van der Waals surface area contributed by atoms with Gasteiger partial charge in [-0.1, -0.05) is 19.1 Å². The topological polar surface area (TPSA) is 147 Å². The summed E-state index contributed by atoms with van der Waals surface area (Å²) < 4.78 is 7.43. The number of aromatic nitrogens is 6. The van der Waals surface area contributed by atoms with E-state index in [1.807, 2.05) is 31.4 Å². The lowest BCUT2D eigenvalue weighted by molar-refractivity contribution is 0.0894. The van der Waals surface area contributed by atoms with Crippen LogP contribution in [0.15, 0.2) is 47.3 Å². The normalized spacial score (nSPS) is 18.3. The van der Waals surface area contributed by atoms with E-state index in [1.54, 1.807) is 17.1 Å². The van der Waals surface area contributed by atoms with Gasteiger partial charge in [0.15, 0.2) is 0 Å². The van der Waals surface area contributed by atoms with Crippen LogP contribution in [-0.4, -0.2) is 65.6 Å². The average molecular weight is 530 g/mol. The van der Waals surface area contributed by atoms with Gasteiger partial charge in [-0.3, -0.25) is 14.4 Å².